The minimum Gasteiger partial charge on any atom is -0.314 e. The summed E-state index contributed by atoms with van der Waals surface area (Å²) in [6.07, 6.45) is 2.07. The molecular formula is C16H17FN4S. The molecule has 1 aliphatic rings. The average molecular weight is 316 g/mol. The van der Waals surface area contributed by atoms with Crippen LogP contribution in [-0.4, -0.2) is 40.5 Å². The largest absolute Gasteiger partial charge is 0.314 e. The predicted molar refractivity (Wildman–Crippen MR) is 86.6 cm³/mol. The quantitative estimate of drug-likeness (QED) is 0.806. The Morgan fingerprint density at radius 2 is 1.95 bits per heavy atom. The summed E-state index contributed by atoms with van der Waals surface area (Å²) in [6.45, 7) is 5.00. The van der Waals surface area contributed by atoms with Crippen molar-refractivity contribution in [3.8, 4) is 11.3 Å². The number of hydrogen-bond acceptors (Lipinski definition) is 4. The molecule has 3 aromatic rings. The van der Waals surface area contributed by atoms with Gasteiger partial charge in [0, 0.05) is 49.9 Å². The molecular weight excluding hydrogens is 299 g/mol. The fourth-order valence-corrected chi connectivity index (χ4v) is 3.64. The van der Waals surface area contributed by atoms with Crippen LogP contribution in [0.25, 0.3) is 16.2 Å². The number of aromatic nitrogens is 2. The minimum absolute atomic E-state index is 0.214. The molecule has 1 saturated heterocycles. The zero-order valence-electron chi connectivity index (χ0n) is 12.1. The standard InChI is InChI=1S/C16H17FN4S/c17-13-3-1-12(2-4-13)15-14(11-20-7-5-18-6-8-20)21-9-10-22-16(21)19-15/h1-4,9-10,18H,5-8,11H2. The lowest BCUT2D eigenvalue weighted by molar-refractivity contribution is 0.230. The normalized spacial score (nSPS) is 16.4. The molecule has 1 aromatic carbocycles. The predicted octanol–water partition coefficient (Wildman–Crippen LogP) is 2.61. The Hall–Kier alpha value is -1.76. The summed E-state index contributed by atoms with van der Waals surface area (Å²) < 4.78 is 15.3. The first-order valence-electron chi connectivity index (χ1n) is 7.45. The van der Waals surface area contributed by atoms with Crippen molar-refractivity contribution in [3.63, 3.8) is 0 Å². The Morgan fingerprint density at radius 3 is 2.73 bits per heavy atom. The molecule has 0 unspecified atom stereocenters. The first kappa shape index (κ1) is 13.9. The van der Waals surface area contributed by atoms with E-state index in [1.807, 2.05) is 12.1 Å². The number of hydrogen-bond donors (Lipinski definition) is 1. The second-order valence-corrected chi connectivity index (χ2v) is 6.37. The first-order chi connectivity index (χ1) is 10.8. The van der Waals surface area contributed by atoms with E-state index in [2.05, 4.69) is 26.2 Å². The molecule has 6 heteroatoms. The van der Waals surface area contributed by atoms with Gasteiger partial charge < -0.3 is 5.32 Å². The van der Waals surface area contributed by atoms with Crippen molar-refractivity contribution in [1.29, 1.82) is 0 Å². The van der Waals surface area contributed by atoms with E-state index in [1.165, 1.54) is 17.8 Å². The van der Waals surface area contributed by atoms with Crippen molar-refractivity contribution >= 4 is 16.3 Å². The van der Waals surface area contributed by atoms with E-state index in [1.54, 1.807) is 11.3 Å². The van der Waals surface area contributed by atoms with Crippen LogP contribution in [0.4, 0.5) is 4.39 Å². The van der Waals surface area contributed by atoms with Crippen LogP contribution >= 0.6 is 11.3 Å². The van der Waals surface area contributed by atoms with Crippen LogP contribution in [0.1, 0.15) is 5.69 Å². The molecule has 114 valence electrons. The lowest BCUT2D eigenvalue weighted by Gasteiger charge is -2.27. The fourth-order valence-electron chi connectivity index (χ4n) is 2.90. The SMILES string of the molecule is Fc1ccc(-c2nc3sccn3c2CN2CCNCC2)cc1. The number of rotatable bonds is 3. The van der Waals surface area contributed by atoms with Gasteiger partial charge in [-0.05, 0) is 24.3 Å². The maximum absolute atomic E-state index is 13.2. The van der Waals surface area contributed by atoms with Gasteiger partial charge in [0.2, 0.25) is 0 Å². The van der Waals surface area contributed by atoms with Gasteiger partial charge in [-0.3, -0.25) is 9.30 Å². The van der Waals surface area contributed by atoms with Crippen molar-refractivity contribution < 1.29 is 4.39 Å². The lowest BCUT2D eigenvalue weighted by Crippen LogP contribution is -2.43. The summed E-state index contributed by atoms with van der Waals surface area (Å²) in [5.41, 5.74) is 3.12. The highest BCUT2D eigenvalue weighted by Crippen LogP contribution is 2.28. The van der Waals surface area contributed by atoms with E-state index in [0.29, 0.717) is 0 Å². The Bertz CT molecular complexity index is 771. The zero-order valence-corrected chi connectivity index (χ0v) is 12.9. The molecule has 0 atom stereocenters. The second kappa shape index (κ2) is 5.79. The average Bonchev–Trinajstić information content (AvgIpc) is 3.12. The molecule has 1 N–H and O–H groups in total. The number of imidazole rings is 1. The third-order valence-electron chi connectivity index (χ3n) is 4.06. The van der Waals surface area contributed by atoms with E-state index in [9.17, 15) is 4.39 Å². The Kier molecular flexibility index (Phi) is 3.65. The summed E-state index contributed by atoms with van der Waals surface area (Å²) in [6, 6.07) is 6.61. The van der Waals surface area contributed by atoms with Gasteiger partial charge in [0.15, 0.2) is 4.96 Å². The molecule has 0 spiro atoms. The number of benzene rings is 1. The van der Waals surface area contributed by atoms with Crippen molar-refractivity contribution in [2.45, 2.75) is 6.54 Å². The van der Waals surface area contributed by atoms with Gasteiger partial charge in [-0.2, -0.15) is 0 Å². The molecule has 1 fully saturated rings. The van der Waals surface area contributed by atoms with Crippen LogP contribution in [-0.2, 0) is 6.54 Å². The van der Waals surface area contributed by atoms with E-state index >= 15 is 0 Å². The van der Waals surface area contributed by atoms with Gasteiger partial charge in [0.1, 0.15) is 5.82 Å². The molecule has 4 rings (SSSR count). The Labute approximate surface area is 132 Å². The van der Waals surface area contributed by atoms with Crippen molar-refractivity contribution in [3.05, 3.63) is 47.4 Å². The maximum atomic E-state index is 13.2. The summed E-state index contributed by atoms with van der Waals surface area (Å²) in [5, 5.41) is 5.43. The van der Waals surface area contributed by atoms with E-state index < -0.39 is 0 Å². The highest BCUT2D eigenvalue weighted by atomic mass is 32.1. The third-order valence-corrected chi connectivity index (χ3v) is 4.82. The van der Waals surface area contributed by atoms with Gasteiger partial charge in [0.05, 0.1) is 11.4 Å². The summed E-state index contributed by atoms with van der Waals surface area (Å²) in [5.74, 6) is -0.214. The van der Waals surface area contributed by atoms with Gasteiger partial charge >= 0.3 is 0 Å². The van der Waals surface area contributed by atoms with Gasteiger partial charge in [-0.25, -0.2) is 9.37 Å². The third kappa shape index (κ3) is 2.54. The monoisotopic (exact) mass is 316 g/mol. The molecule has 4 nitrogen and oxygen atoms in total. The number of nitrogens with zero attached hydrogens (tertiary/aromatic N) is 3. The number of halogens is 1. The lowest BCUT2D eigenvalue weighted by atomic mass is 10.1. The van der Waals surface area contributed by atoms with Gasteiger partial charge in [0.25, 0.3) is 0 Å². The topological polar surface area (TPSA) is 32.6 Å². The van der Waals surface area contributed by atoms with Crippen molar-refractivity contribution in [2.24, 2.45) is 0 Å². The number of thiazole rings is 1. The van der Waals surface area contributed by atoms with Crippen LogP contribution in [0, 0.1) is 5.82 Å². The van der Waals surface area contributed by atoms with Crippen molar-refractivity contribution in [1.82, 2.24) is 19.6 Å². The van der Waals surface area contributed by atoms with Crippen LogP contribution in [0.15, 0.2) is 35.8 Å². The van der Waals surface area contributed by atoms with Crippen LogP contribution < -0.4 is 5.32 Å². The van der Waals surface area contributed by atoms with E-state index in [4.69, 9.17) is 4.98 Å². The molecule has 0 saturated carbocycles. The van der Waals surface area contributed by atoms with E-state index in [0.717, 1.165) is 48.9 Å². The maximum Gasteiger partial charge on any atom is 0.194 e. The highest BCUT2D eigenvalue weighted by Gasteiger charge is 2.19. The Balaban J connectivity index is 1.75. The summed E-state index contributed by atoms with van der Waals surface area (Å²) in [4.78, 5) is 8.18. The molecule has 3 heterocycles. The van der Waals surface area contributed by atoms with Crippen LogP contribution in [0.5, 0.6) is 0 Å². The van der Waals surface area contributed by atoms with E-state index in [-0.39, 0.29) is 5.82 Å². The number of nitrogens with one attached hydrogen (secondary N) is 1. The van der Waals surface area contributed by atoms with Crippen molar-refractivity contribution in [2.75, 3.05) is 26.2 Å². The zero-order chi connectivity index (χ0) is 14.9. The smallest absolute Gasteiger partial charge is 0.194 e. The molecule has 0 amide bonds. The number of piperazine rings is 1. The first-order valence-corrected chi connectivity index (χ1v) is 8.33. The molecule has 2 aromatic heterocycles. The molecule has 0 radical (unpaired) electrons. The molecule has 0 bridgehead atoms. The summed E-state index contributed by atoms with van der Waals surface area (Å²) in [7, 11) is 0. The van der Waals surface area contributed by atoms with Crippen LogP contribution in [0.3, 0.4) is 0 Å². The molecule has 22 heavy (non-hydrogen) atoms. The fraction of sp³-hybridized carbons (Fsp3) is 0.312. The summed E-state index contributed by atoms with van der Waals surface area (Å²) >= 11 is 1.63. The molecule has 0 aliphatic carbocycles. The highest BCUT2D eigenvalue weighted by molar-refractivity contribution is 7.15. The Morgan fingerprint density at radius 1 is 1.18 bits per heavy atom. The van der Waals surface area contributed by atoms with Gasteiger partial charge in [-0.15, -0.1) is 11.3 Å². The molecule has 1 aliphatic heterocycles. The number of fused-ring (bicyclic) bond motifs is 1. The second-order valence-electron chi connectivity index (χ2n) is 5.50. The minimum atomic E-state index is -0.214. The van der Waals surface area contributed by atoms with Crippen LogP contribution in [0.2, 0.25) is 0 Å². The van der Waals surface area contributed by atoms with Gasteiger partial charge in [-0.1, -0.05) is 0 Å².